The van der Waals surface area contributed by atoms with E-state index < -0.39 is 4.92 Å². The zero-order valence-corrected chi connectivity index (χ0v) is 11.9. The fourth-order valence-corrected chi connectivity index (χ4v) is 2.09. The number of nitrogens with one attached hydrogen (secondary N) is 2. The standard InChI is InChI=1S/C16H12N4O3/c21-16-18-14-8-5-12(10-15(14)19-16)17-9-1-2-11-3-6-13(7-4-11)20(22)23/h1-10H,(H2,18,19,21). The van der Waals surface area contributed by atoms with Crippen LogP contribution in [0.3, 0.4) is 0 Å². The highest BCUT2D eigenvalue weighted by Crippen LogP contribution is 2.17. The quantitative estimate of drug-likeness (QED) is 0.439. The zero-order valence-electron chi connectivity index (χ0n) is 11.9. The van der Waals surface area contributed by atoms with E-state index in [9.17, 15) is 14.9 Å². The maximum absolute atomic E-state index is 11.2. The van der Waals surface area contributed by atoms with E-state index in [-0.39, 0.29) is 11.4 Å². The molecule has 3 aromatic rings. The van der Waals surface area contributed by atoms with E-state index in [0.717, 1.165) is 11.1 Å². The van der Waals surface area contributed by atoms with Crippen molar-refractivity contribution in [3.8, 4) is 0 Å². The van der Waals surface area contributed by atoms with Gasteiger partial charge in [0.15, 0.2) is 0 Å². The molecule has 0 saturated carbocycles. The number of nitro groups is 1. The van der Waals surface area contributed by atoms with Crippen LogP contribution in [-0.2, 0) is 0 Å². The molecule has 2 N–H and O–H groups in total. The highest BCUT2D eigenvalue weighted by Gasteiger charge is 2.02. The van der Waals surface area contributed by atoms with Crippen molar-refractivity contribution in [2.45, 2.75) is 0 Å². The Morgan fingerprint density at radius 2 is 1.78 bits per heavy atom. The van der Waals surface area contributed by atoms with Gasteiger partial charge in [0.2, 0.25) is 0 Å². The molecule has 0 bridgehead atoms. The molecule has 3 rings (SSSR count). The molecule has 0 aliphatic rings. The van der Waals surface area contributed by atoms with E-state index in [1.807, 2.05) is 0 Å². The molecule has 23 heavy (non-hydrogen) atoms. The number of rotatable bonds is 4. The number of benzene rings is 2. The second-order valence-electron chi connectivity index (χ2n) is 4.79. The lowest BCUT2D eigenvalue weighted by atomic mass is 10.2. The van der Waals surface area contributed by atoms with Crippen molar-refractivity contribution < 1.29 is 4.92 Å². The predicted molar refractivity (Wildman–Crippen MR) is 89.2 cm³/mol. The van der Waals surface area contributed by atoms with Crippen LogP contribution in [0.2, 0.25) is 0 Å². The first-order valence-electron chi connectivity index (χ1n) is 6.79. The molecule has 7 nitrogen and oxygen atoms in total. The lowest BCUT2D eigenvalue weighted by molar-refractivity contribution is -0.384. The predicted octanol–water partition coefficient (Wildman–Crippen LogP) is 3.18. The summed E-state index contributed by atoms with van der Waals surface area (Å²) in [6.45, 7) is 0. The largest absolute Gasteiger partial charge is 0.323 e. The Hall–Kier alpha value is -3.48. The van der Waals surface area contributed by atoms with Crippen molar-refractivity contribution >= 4 is 34.7 Å². The van der Waals surface area contributed by atoms with Gasteiger partial charge in [-0.25, -0.2) is 4.79 Å². The van der Waals surface area contributed by atoms with E-state index in [4.69, 9.17) is 0 Å². The first-order valence-corrected chi connectivity index (χ1v) is 6.79. The molecule has 0 radical (unpaired) electrons. The molecule has 114 valence electrons. The maximum Gasteiger partial charge on any atom is 0.323 e. The maximum atomic E-state index is 11.2. The third-order valence-electron chi connectivity index (χ3n) is 3.20. The van der Waals surface area contributed by atoms with Gasteiger partial charge in [0.05, 0.1) is 21.6 Å². The molecule has 0 fully saturated rings. The van der Waals surface area contributed by atoms with Gasteiger partial charge < -0.3 is 9.97 Å². The summed E-state index contributed by atoms with van der Waals surface area (Å²) in [4.78, 5) is 30.9. The summed E-state index contributed by atoms with van der Waals surface area (Å²) in [5.41, 5.74) is 2.79. The Kier molecular flexibility index (Phi) is 3.84. The van der Waals surface area contributed by atoms with Crippen LogP contribution in [0.25, 0.3) is 17.1 Å². The number of aromatic nitrogens is 2. The lowest BCUT2D eigenvalue weighted by Gasteiger charge is -1.93. The van der Waals surface area contributed by atoms with Gasteiger partial charge in [-0.3, -0.25) is 15.1 Å². The van der Waals surface area contributed by atoms with Crippen molar-refractivity contribution in [3.05, 3.63) is 74.7 Å². The van der Waals surface area contributed by atoms with Gasteiger partial charge in [-0.05, 0) is 42.0 Å². The Balaban J connectivity index is 1.71. The van der Waals surface area contributed by atoms with Crippen molar-refractivity contribution in [3.63, 3.8) is 0 Å². The number of hydrogen-bond donors (Lipinski definition) is 2. The summed E-state index contributed by atoms with van der Waals surface area (Å²) >= 11 is 0. The van der Waals surface area contributed by atoms with Crippen molar-refractivity contribution in [2.75, 3.05) is 0 Å². The fourth-order valence-electron chi connectivity index (χ4n) is 2.09. The highest BCUT2D eigenvalue weighted by atomic mass is 16.6. The summed E-state index contributed by atoms with van der Waals surface area (Å²) in [5.74, 6) is 0. The number of hydrogen-bond acceptors (Lipinski definition) is 4. The summed E-state index contributed by atoms with van der Waals surface area (Å²) in [5, 5.41) is 10.6. The van der Waals surface area contributed by atoms with Gasteiger partial charge >= 0.3 is 5.69 Å². The molecule has 0 aliphatic carbocycles. The molecule has 0 aliphatic heterocycles. The van der Waals surface area contributed by atoms with Gasteiger partial charge in [0, 0.05) is 18.3 Å². The summed E-state index contributed by atoms with van der Waals surface area (Å²) in [6, 6.07) is 11.6. The SMILES string of the molecule is O=c1[nH]c2ccc(N=CC=Cc3ccc([N+](=O)[O-])cc3)cc2[nH]1. The van der Waals surface area contributed by atoms with E-state index >= 15 is 0 Å². The van der Waals surface area contributed by atoms with Gasteiger partial charge in [-0.1, -0.05) is 6.08 Å². The van der Waals surface area contributed by atoms with Crippen LogP contribution in [0.15, 0.2) is 58.3 Å². The number of H-pyrrole nitrogens is 2. The molecule has 0 amide bonds. The molecular formula is C16H12N4O3. The first-order chi connectivity index (χ1) is 11.1. The Labute approximate surface area is 130 Å². The Morgan fingerprint density at radius 1 is 1.04 bits per heavy atom. The van der Waals surface area contributed by atoms with Gasteiger partial charge in [-0.15, -0.1) is 0 Å². The Bertz CT molecular complexity index is 965. The van der Waals surface area contributed by atoms with Crippen LogP contribution in [0.4, 0.5) is 11.4 Å². The first kappa shape index (κ1) is 14.5. The van der Waals surface area contributed by atoms with Crippen LogP contribution in [-0.4, -0.2) is 21.1 Å². The number of allylic oxidation sites excluding steroid dienone is 1. The van der Waals surface area contributed by atoms with Gasteiger partial charge in [-0.2, -0.15) is 0 Å². The lowest BCUT2D eigenvalue weighted by Crippen LogP contribution is -1.99. The van der Waals surface area contributed by atoms with Gasteiger partial charge in [0.1, 0.15) is 0 Å². The van der Waals surface area contributed by atoms with Crippen LogP contribution in [0.5, 0.6) is 0 Å². The minimum atomic E-state index is -0.434. The number of aromatic amines is 2. The van der Waals surface area contributed by atoms with Crippen molar-refractivity contribution in [1.82, 2.24) is 9.97 Å². The molecule has 2 aromatic carbocycles. The van der Waals surface area contributed by atoms with Crippen LogP contribution < -0.4 is 5.69 Å². The molecule has 1 heterocycles. The molecule has 0 unspecified atom stereocenters. The van der Waals surface area contributed by atoms with Crippen molar-refractivity contribution in [1.29, 1.82) is 0 Å². The second kappa shape index (κ2) is 6.10. The summed E-state index contributed by atoms with van der Waals surface area (Å²) in [6.07, 6.45) is 5.16. The fraction of sp³-hybridized carbons (Fsp3) is 0. The number of aliphatic imine (C=N–C) groups is 1. The number of nitro benzene ring substituents is 1. The number of imidazole rings is 1. The van der Waals surface area contributed by atoms with Crippen molar-refractivity contribution in [2.24, 2.45) is 4.99 Å². The molecule has 7 heteroatoms. The summed E-state index contributed by atoms with van der Waals surface area (Å²) in [7, 11) is 0. The average Bonchev–Trinajstić information content (AvgIpc) is 2.91. The summed E-state index contributed by atoms with van der Waals surface area (Å²) < 4.78 is 0. The van der Waals surface area contributed by atoms with E-state index in [1.165, 1.54) is 12.1 Å². The van der Waals surface area contributed by atoms with Crippen LogP contribution in [0, 0.1) is 10.1 Å². The molecule has 0 spiro atoms. The smallest absolute Gasteiger partial charge is 0.306 e. The van der Waals surface area contributed by atoms with E-state index in [2.05, 4.69) is 15.0 Å². The zero-order chi connectivity index (χ0) is 16.2. The van der Waals surface area contributed by atoms with E-state index in [0.29, 0.717) is 11.2 Å². The number of nitrogens with zero attached hydrogens (tertiary/aromatic N) is 2. The monoisotopic (exact) mass is 308 g/mol. The average molecular weight is 308 g/mol. The highest BCUT2D eigenvalue weighted by molar-refractivity contribution is 5.83. The van der Waals surface area contributed by atoms with Crippen LogP contribution >= 0.6 is 0 Å². The minimum Gasteiger partial charge on any atom is -0.306 e. The van der Waals surface area contributed by atoms with Gasteiger partial charge in [0.25, 0.3) is 5.69 Å². The Morgan fingerprint density at radius 3 is 2.52 bits per heavy atom. The molecule has 0 saturated heterocycles. The normalized spacial score (nSPS) is 11.7. The molecule has 1 aromatic heterocycles. The van der Waals surface area contributed by atoms with E-state index in [1.54, 1.807) is 48.7 Å². The topological polar surface area (TPSA) is 104 Å². The number of non-ortho nitro benzene ring substituents is 1. The number of fused-ring (bicyclic) bond motifs is 1. The molecule has 0 atom stereocenters. The van der Waals surface area contributed by atoms with Crippen LogP contribution in [0.1, 0.15) is 5.56 Å². The third-order valence-corrected chi connectivity index (χ3v) is 3.20. The molecular weight excluding hydrogens is 296 g/mol. The third kappa shape index (κ3) is 3.41. The minimum absolute atomic E-state index is 0.0598. The second-order valence-corrected chi connectivity index (χ2v) is 4.79.